The first-order chi connectivity index (χ1) is 8.72. The number of rotatable bonds is 8. The van der Waals surface area contributed by atoms with Crippen LogP contribution >= 0.6 is 11.6 Å². The summed E-state index contributed by atoms with van der Waals surface area (Å²) in [6.07, 6.45) is 4.38. The molecule has 0 heterocycles. The average molecular weight is 269 g/mol. The second kappa shape index (κ2) is 8.95. The lowest BCUT2D eigenvalue weighted by Crippen LogP contribution is -2.25. The predicted octanol–water partition coefficient (Wildman–Crippen LogP) is 2.52. The molecule has 3 nitrogen and oxygen atoms in total. The van der Waals surface area contributed by atoms with Crippen molar-refractivity contribution in [3.8, 4) is 0 Å². The summed E-state index contributed by atoms with van der Waals surface area (Å²) in [6, 6.07) is 7.70. The van der Waals surface area contributed by atoms with Crippen LogP contribution in [0.15, 0.2) is 24.3 Å². The van der Waals surface area contributed by atoms with Gasteiger partial charge in [-0.3, -0.25) is 4.79 Å². The lowest BCUT2D eigenvalue weighted by atomic mass is 10.1. The zero-order chi connectivity index (χ0) is 13.2. The molecule has 100 valence electrons. The molecule has 0 atom stereocenters. The van der Waals surface area contributed by atoms with Gasteiger partial charge in [0.1, 0.15) is 0 Å². The zero-order valence-electron chi connectivity index (χ0n) is 10.6. The Hall–Kier alpha value is -1.06. The normalized spacial score (nSPS) is 10.3. The fourth-order valence-corrected chi connectivity index (χ4v) is 1.82. The van der Waals surface area contributed by atoms with E-state index in [9.17, 15) is 4.79 Å². The van der Waals surface area contributed by atoms with Crippen molar-refractivity contribution >= 4 is 17.5 Å². The number of halogens is 1. The minimum atomic E-state index is 0.126. The number of nitrogens with two attached hydrogens (primary N) is 1. The van der Waals surface area contributed by atoms with Gasteiger partial charge in [-0.25, -0.2) is 0 Å². The molecule has 0 spiro atoms. The van der Waals surface area contributed by atoms with Gasteiger partial charge in [0.15, 0.2) is 0 Å². The number of hydrogen-bond donors (Lipinski definition) is 2. The van der Waals surface area contributed by atoms with Crippen molar-refractivity contribution in [1.82, 2.24) is 5.32 Å². The number of benzene rings is 1. The molecule has 0 fully saturated rings. The first kappa shape index (κ1) is 15.0. The number of carbonyl (C=O) groups is 1. The van der Waals surface area contributed by atoms with E-state index >= 15 is 0 Å². The number of amides is 1. The maximum absolute atomic E-state index is 11.5. The number of unbranched alkanes of at least 4 members (excludes halogenated alkanes) is 2. The summed E-state index contributed by atoms with van der Waals surface area (Å²) in [7, 11) is 0. The van der Waals surface area contributed by atoms with Crippen LogP contribution in [0.1, 0.15) is 31.2 Å². The summed E-state index contributed by atoms with van der Waals surface area (Å²) in [5, 5.41) is 3.66. The molecule has 0 saturated heterocycles. The Morgan fingerprint density at radius 3 is 2.56 bits per heavy atom. The standard InChI is InChI=1S/C14H21ClN2O/c15-13-7-5-12(6-8-13)9-11-17-14(18)4-2-1-3-10-16/h5-8H,1-4,9-11,16H2,(H,17,18). The van der Waals surface area contributed by atoms with E-state index in [1.165, 1.54) is 5.56 Å². The second-order valence-corrected chi connectivity index (χ2v) is 4.76. The van der Waals surface area contributed by atoms with E-state index in [-0.39, 0.29) is 5.91 Å². The Morgan fingerprint density at radius 2 is 1.89 bits per heavy atom. The summed E-state index contributed by atoms with van der Waals surface area (Å²) >= 11 is 5.80. The van der Waals surface area contributed by atoms with Crippen molar-refractivity contribution in [3.63, 3.8) is 0 Å². The average Bonchev–Trinajstić information content (AvgIpc) is 2.37. The second-order valence-electron chi connectivity index (χ2n) is 4.33. The molecule has 1 aromatic carbocycles. The van der Waals surface area contributed by atoms with Crippen molar-refractivity contribution in [2.75, 3.05) is 13.1 Å². The highest BCUT2D eigenvalue weighted by Crippen LogP contribution is 2.09. The number of hydrogen-bond acceptors (Lipinski definition) is 2. The molecule has 4 heteroatoms. The quantitative estimate of drug-likeness (QED) is 0.712. The van der Waals surface area contributed by atoms with Crippen molar-refractivity contribution in [2.24, 2.45) is 5.73 Å². The van der Waals surface area contributed by atoms with E-state index in [0.29, 0.717) is 19.5 Å². The molecule has 0 saturated carbocycles. The molecule has 1 aromatic rings. The Morgan fingerprint density at radius 1 is 1.17 bits per heavy atom. The van der Waals surface area contributed by atoms with Crippen molar-refractivity contribution in [2.45, 2.75) is 32.1 Å². The smallest absolute Gasteiger partial charge is 0.220 e. The Kier molecular flexibility index (Phi) is 7.46. The largest absolute Gasteiger partial charge is 0.356 e. The van der Waals surface area contributed by atoms with Crippen LogP contribution in [0, 0.1) is 0 Å². The van der Waals surface area contributed by atoms with E-state index in [4.69, 9.17) is 17.3 Å². The maximum atomic E-state index is 11.5. The molecule has 0 aliphatic rings. The number of nitrogens with one attached hydrogen (secondary N) is 1. The summed E-state index contributed by atoms with van der Waals surface area (Å²) in [6.45, 7) is 1.38. The highest BCUT2D eigenvalue weighted by Gasteiger charge is 2.00. The minimum Gasteiger partial charge on any atom is -0.356 e. The lowest BCUT2D eigenvalue weighted by molar-refractivity contribution is -0.121. The van der Waals surface area contributed by atoms with E-state index < -0.39 is 0 Å². The van der Waals surface area contributed by atoms with Gasteiger partial charge in [0.25, 0.3) is 0 Å². The molecule has 3 N–H and O–H groups in total. The van der Waals surface area contributed by atoms with Gasteiger partial charge < -0.3 is 11.1 Å². The monoisotopic (exact) mass is 268 g/mol. The first-order valence-corrected chi connectivity index (χ1v) is 6.81. The van der Waals surface area contributed by atoms with Crippen molar-refractivity contribution in [3.05, 3.63) is 34.9 Å². The van der Waals surface area contributed by atoms with Crippen LogP contribution in [0.5, 0.6) is 0 Å². The third-order valence-electron chi connectivity index (χ3n) is 2.76. The van der Waals surface area contributed by atoms with Crippen LogP contribution in [0.25, 0.3) is 0 Å². The Balaban J connectivity index is 2.10. The van der Waals surface area contributed by atoms with Gasteiger partial charge >= 0.3 is 0 Å². The molecule has 0 aliphatic heterocycles. The molecule has 0 radical (unpaired) electrons. The third kappa shape index (κ3) is 6.62. The van der Waals surface area contributed by atoms with Gasteiger partial charge in [0.05, 0.1) is 0 Å². The zero-order valence-corrected chi connectivity index (χ0v) is 11.4. The maximum Gasteiger partial charge on any atom is 0.220 e. The highest BCUT2D eigenvalue weighted by molar-refractivity contribution is 6.30. The summed E-state index contributed by atoms with van der Waals surface area (Å²) in [4.78, 5) is 11.5. The first-order valence-electron chi connectivity index (χ1n) is 6.43. The predicted molar refractivity (Wildman–Crippen MR) is 75.7 cm³/mol. The Bertz CT molecular complexity index is 351. The molecule has 1 rings (SSSR count). The van der Waals surface area contributed by atoms with Gasteiger partial charge in [0.2, 0.25) is 5.91 Å². The van der Waals surface area contributed by atoms with Crippen molar-refractivity contribution < 1.29 is 4.79 Å². The van der Waals surface area contributed by atoms with E-state index in [0.717, 1.165) is 30.7 Å². The van der Waals surface area contributed by atoms with Gasteiger partial charge in [-0.15, -0.1) is 0 Å². The van der Waals surface area contributed by atoms with Crippen LogP contribution in [-0.2, 0) is 11.2 Å². The fourth-order valence-electron chi connectivity index (χ4n) is 1.69. The summed E-state index contributed by atoms with van der Waals surface area (Å²) < 4.78 is 0. The van der Waals surface area contributed by atoms with Gasteiger partial charge in [-0.2, -0.15) is 0 Å². The highest BCUT2D eigenvalue weighted by atomic mass is 35.5. The molecular formula is C14H21ClN2O. The summed E-state index contributed by atoms with van der Waals surface area (Å²) in [5.74, 6) is 0.126. The van der Waals surface area contributed by atoms with Crippen LogP contribution in [0.2, 0.25) is 5.02 Å². The van der Waals surface area contributed by atoms with E-state index in [2.05, 4.69) is 5.32 Å². The van der Waals surface area contributed by atoms with Gasteiger partial charge in [-0.1, -0.05) is 30.2 Å². The number of carbonyl (C=O) groups excluding carboxylic acids is 1. The van der Waals surface area contributed by atoms with Crippen LogP contribution in [0.3, 0.4) is 0 Å². The van der Waals surface area contributed by atoms with Crippen LogP contribution in [-0.4, -0.2) is 19.0 Å². The van der Waals surface area contributed by atoms with Crippen LogP contribution in [0.4, 0.5) is 0 Å². The molecule has 18 heavy (non-hydrogen) atoms. The molecule has 0 aromatic heterocycles. The van der Waals surface area contributed by atoms with Gasteiger partial charge in [-0.05, 0) is 43.5 Å². The van der Waals surface area contributed by atoms with E-state index in [1.807, 2.05) is 24.3 Å². The fraction of sp³-hybridized carbons (Fsp3) is 0.500. The molecule has 0 aliphatic carbocycles. The van der Waals surface area contributed by atoms with Crippen LogP contribution < -0.4 is 11.1 Å². The molecule has 1 amide bonds. The molecular weight excluding hydrogens is 248 g/mol. The lowest BCUT2D eigenvalue weighted by Gasteiger charge is -2.05. The van der Waals surface area contributed by atoms with Gasteiger partial charge in [0, 0.05) is 18.0 Å². The molecule has 0 unspecified atom stereocenters. The summed E-state index contributed by atoms with van der Waals surface area (Å²) in [5.41, 5.74) is 6.57. The third-order valence-corrected chi connectivity index (χ3v) is 3.01. The molecule has 0 bridgehead atoms. The van der Waals surface area contributed by atoms with E-state index in [1.54, 1.807) is 0 Å². The van der Waals surface area contributed by atoms with Crippen molar-refractivity contribution in [1.29, 1.82) is 0 Å². The minimum absolute atomic E-state index is 0.126. The Labute approximate surface area is 114 Å². The topological polar surface area (TPSA) is 55.1 Å². The SMILES string of the molecule is NCCCCCC(=O)NCCc1ccc(Cl)cc1.